The molecule has 1 aliphatic rings. The van der Waals surface area contributed by atoms with Crippen LogP contribution >= 0.6 is 0 Å². The number of anilines is 1. The van der Waals surface area contributed by atoms with Gasteiger partial charge in [-0.2, -0.15) is 5.10 Å². The molecular weight excluding hydrogens is 246 g/mol. The second-order valence-electron chi connectivity index (χ2n) is 5.52. The average molecular weight is 265 g/mol. The van der Waals surface area contributed by atoms with Crippen LogP contribution in [0.4, 0.5) is 10.7 Å². The van der Waals surface area contributed by atoms with Crippen molar-refractivity contribution in [2.75, 3.05) is 18.0 Å². The number of nitrogens with one attached hydrogen (secondary N) is 1. The lowest BCUT2D eigenvalue weighted by atomic mass is 10.2. The molecule has 104 valence electrons. The Balaban J connectivity index is 1.84. The van der Waals surface area contributed by atoms with Crippen molar-refractivity contribution >= 4 is 12.0 Å². The van der Waals surface area contributed by atoms with Crippen LogP contribution in [0.15, 0.2) is 12.4 Å². The van der Waals surface area contributed by atoms with E-state index >= 15 is 0 Å². The monoisotopic (exact) mass is 265 g/mol. The molecule has 7 heteroatoms. The van der Waals surface area contributed by atoms with Crippen LogP contribution < -0.4 is 10.2 Å². The zero-order chi connectivity index (χ0) is 13.9. The molecule has 19 heavy (non-hydrogen) atoms. The van der Waals surface area contributed by atoms with Crippen LogP contribution in [0.3, 0.4) is 0 Å². The fraction of sp³-hybridized carbons (Fsp3) is 0.667. The van der Waals surface area contributed by atoms with E-state index in [1.165, 1.54) is 6.20 Å². The number of hydrogen-bond donors (Lipinski definition) is 1. The maximum atomic E-state index is 11.7. The molecule has 7 nitrogen and oxygen atoms in total. The molecule has 0 aromatic carbocycles. The van der Waals surface area contributed by atoms with Gasteiger partial charge in [0.2, 0.25) is 5.95 Å². The Morgan fingerprint density at radius 1 is 1.47 bits per heavy atom. The number of alkyl carbamates (subject to hydrolysis) is 1. The number of carbonyl (C=O) groups excluding carboxylic acids is 1. The van der Waals surface area contributed by atoms with E-state index in [1.54, 1.807) is 6.20 Å². The Labute approximate surface area is 112 Å². The number of amides is 1. The molecular formula is C12H19N5O2. The van der Waals surface area contributed by atoms with Crippen molar-refractivity contribution in [3.05, 3.63) is 12.4 Å². The van der Waals surface area contributed by atoms with E-state index < -0.39 is 5.60 Å². The standard InChI is InChI=1S/C12H19N5O2/c1-12(2,3)19-11(18)15-9-4-7-17(8-9)10-13-5-6-14-16-10/h5-6,9H,4,7-8H2,1-3H3,(H,15,18)/t9-/m1/s1. The molecule has 0 bridgehead atoms. The molecule has 1 N–H and O–H groups in total. The second-order valence-corrected chi connectivity index (χ2v) is 5.52. The Kier molecular flexibility index (Phi) is 3.82. The van der Waals surface area contributed by atoms with Gasteiger partial charge < -0.3 is 15.0 Å². The molecule has 1 amide bonds. The van der Waals surface area contributed by atoms with Gasteiger partial charge in [-0.25, -0.2) is 9.78 Å². The summed E-state index contributed by atoms with van der Waals surface area (Å²) in [5.74, 6) is 0.594. The van der Waals surface area contributed by atoms with Crippen molar-refractivity contribution in [1.29, 1.82) is 0 Å². The number of hydrogen-bond acceptors (Lipinski definition) is 6. The maximum Gasteiger partial charge on any atom is 0.407 e. The minimum Gasteiger partial charge on any atom is -0.444 e. The quantitative estimate of drug-likeness (QED) is 0.858. The SMILES string of the molecule is CC(C)(C)OC(=O)N[C@@H]1CCN(c2nccnn2)C1. The molecule has 1 atom stereocenters. The van der Waals surface area contributed by atoms with E-state index in [2.05, 4.69) is 20.5 Å². The highest BCUT2D eigenvalue weighted by Crippen LogP contribution is 2.15. The first-order valence-corrected chi connectivity index (χ1v) is 6.32. The Morgan fingerprint density at radius 2 is 2.26 bits per heavy atom. The van der Waals surface area contributed by atoms with Crippen LogP contribution in [0.1, 0.15) is 27.2 Å². The molecule has 1 aliphatic heterocycles. The third-order valence-corrected chi connectivity index (χ3v) is 2.66. The van der Waals surface area contributed by atoms with Crippen molar-refractivity contribution < 1.29 is 9.53 Å². The van der Waals surface area contributed by atoms with Crippen LogP contribution in [0.2, 0.25) is 0 Å². The highest BCUT2D eigenvalue weighted by atomic mass is 16.6. The van der Waals surface area contributed by atoms with Gasteiger partial charge in [0.15, 0.2) is 0 Å². The molecule has 0 saturated carbocycles. The van der Waals surface area contributed by atoms with E-state index in [4.69, 9.17) is 4.74 Å². The summed E-state index contributed by atoms with van der Waals surface area (Å²) in [6, 6.07) is 0.0543. The second kappa shape index (κ2) is 5.38. The van der Waals surface area contributed by atoms with Crippen LogP contribution in [0.5, 0.6) is 0 Å². The lowest BCUT2D eigenvalue weighted by molar-refractivity contribution is 0.0509. The topological polar surface area (TPSA) is 80.2 Å². The summed E-state index contributed by atoms with van der Waals surface area (Å²) in [4.78, 5) is 17.8. The molecule has 0 unspecified atom stereocenters. The lowest BCUT2D eigenvalue weighted by Crippen LogP contribution is -2.40. The number of nitrogens with zero attached hydrogens (tertiary/aromatic N) is 4. The highest BCUT2D eigenvalue weighted by Gasteiger charge is 2.27. The summed E-state index contributed by atoms with van der Waals surface area (Å²) >= 11 is 0. The molecule has 1 saturated heterocycles. The van der Waals surface area contributed by atoms with Gasteiger partial charge in [0.25, 0.3) is 0 Å². The molecule has 0 spiro atoms. The summed E-state index contributed by atoms with van der Waals surface area (Å²) in [7, 11) is 0. The van der Waals surface area contributed by atoms with E-state index in [1.807, 2.05) is 25.7 Å². The third-order valence-electron chi connectivity index (χ3n) is 2.66. The molecule has 0 aliphatic carbocycles. The van der Waals surface area contributed by atoms with Gasteiger partial charge in [-0.15, -0.1) is 5.10 Å². The largest absolute Gasteiger partial charge is 0.444 e. The number of ether oxygens (including phenoxy) is 1. The van der Waals surface area contributed by atoms with Crippen LogP contribution in [0.25, 0.3) is 0 Å². The molecule has 1 aromatic heterocycles. The third kappa shape index (κ3) is 4.04. The van der Waals surface area contributed by atoms with Gasteiger partial charge in [-0.05, 0) is 27.2 Å². The smallest absolute Gasteiger partial charge is 0.407 e. The van der Waals surface area contributed by atoms with Gasteiger partial charge in [-0.1, -0.05) is 0 Å². The average Bonchev–Trinajstić information content (AvgIpc) is 2.76. The highest BCUT2D eigenvalue weighted by molar-refractivity contribution is 5.68. The molecule has 0 radical (unpaired) electrons. The van der Waals surface area contributed by atoms with Crippen LogP contribution in [0, 0.1) is 0 Å². The van der Waals surface area contributed by atoms with Crippen LogP contribution in [-0.4, -0.2) is 46.0 Å². The Bertz CT molecular complexity index is 431. The fourth-order valence-corrected chi connectivity index (χ4v) is 1.92. The molecule has 1 aromatic rings. The Hall–Kier alpha value is -1.92. The maximum absolute atomic E-state index is 11.7. The van der Waals surface area contributed by atoms with E-state index in [0.717, 1.165) is 13.0 Å². The van der Waals surface area contributed by atoms with Gasteiger partial charge in [0, 0.05) is 13.1 Å². The molecule has 2 heterocycles. The summed E-state index contributed by atoms with van der Waals surface area (Å²) in [6.45, 7) is 7.00. The van der Waals surface area contributed by atoms with E-state index in [-0.39, 0.29) is 12.1 Å². The van der Waals surface area contributed by atoms with E-state index in [9.17, 15) is 4.79 Å². The fourth-order valence-electron chi connectivity index (χ4n) is 1.92. The number of carbonyl (C=O) groups is 1. The number of rotatable bonds is 2. The summed E-state index contributed by atoms with van der Waals surface area (Å²) in [5.41, 5.74) is -0.477. The van der Waals surface area contributed by atoms with E-state index in [0.29, 0.717) is 12.5 Å². The minimum atomic E-state index is -0.477. The number of aromatic nitrogens is 3. The van der Waals surface area contributed by atoms with Gasteiger partial charge in [0.05, 0.1) is 18.4 Å². The van der Waals surface area contributed by atoms with Crippen molar-refractivity contribution in [1.82, 2.24) is 20.5 Å². The zero-order valence-electron chi connectivity index (χ0n) is 11.5. The Morgan fingerprint density at radius 3 is 2.89 bits per heavy atom. The van der Waals surface area contributed by atoms with Crippen molar-refractivity contribution in [3.63, 3.8) is 0 Å². The van der Waals surface area contributed by atoms with Crippen molar-refractivity contribution in [2.24, 2.45) is 0 Å². The minimum absolute atomic E-state index is 0.0543. The normalized spacial score (nSPS) is 19.3. The predicted molar refractivity (Wildman–Crippen MR) is 69.8 cm³/mol. The zero-order valence-corrected chi connectivity index (χ0v) is 11.5. The first-order valence-electron chi connectivity index (χ1n) is 6.32. The summed E-state index contributed by atoms with van der Waals surface area (Å²) < 4.78 is 5.23. The van der Waals surface area contributed by atoms with Crippen molar-refractivity contribution in [2.45, 2.75) is 38.8 Å². The van der Waals surface area contributed by atoms with Gasteiger partial charge >= 0.3 is 6.09 Å². The predicted octanol–water partition coefficient (Wildman–Crippen LogP) is 0.975. The molecule has 1 fully saturated rings. The van der Waals surface area contributed by atoms with Gasteiger partial charge in [0.1, 0.15) is 5.60 Å². The summed E-state index contributed by atoms with van der Waals surface area (Å²) in [6.07, 6.45) is 3.61. The first kappa shape index (κ1) is 13.5. The van der Waals surface area contributed by atoms with Gasteiger partial charge in [-0.3, -0.25) is 0 Å². The lowest BCUT2D eigenvalue weighted by Gasteiger charge is -2.21. The van der Waals surface area contributed by atoms with Crippen LogP contribution in [-0.2, 0) is 4.74 Å². The van der Waals surface area contributed by atoms with Crippen molar-refractivity contribution in [3.8, 4) is 0 Å². The summed E-state index contributed by atoms with van der Waals surface area (Å²) in [5, 5.41) is 10.6. The first-order chi connectivity index (χ1) is 8.94. The molecule has 2 rings (SSSR count).